The van der Waals surface area contributed by atoms with Crippen molar-refractivity contribution < 1.29 is 115 Å². The monoisotopic (exact) mass is 277 g/mol. The second-order valence-electron chi connectivity index (χ2n) is 3.49. The molecule has 1 aliphatic rings. The second-order valence-corrected chi connectivity index (χ2v) is 3.49. The number of nitrogens with one attached hydrogen (secondary N) is 1. The van der Waals surface area contributed by atoms with Crippen molar-refractivity contribution in [1.82, 2.24) is 5.32 Å². The molecule has 2 aromatic rings. The molecule has 0 spiro atoms. The molecule has 0 bridgehead atoms. The molecule has 3 nitrogen and oxygen atoms in total. The molecule has 0 aromatic heterocycles. The van der Waals surface area contributed by atoms with E-state index in [0.29, 0.717) is 11.1 Å². The first kappa shape index (κ1) is 16.2. The summed E-state index contributed by atoms with van der Waals surface area (Å²) in [6.07, 6.45) is 0. The number of carbonyl (C=O) groups is 2. The van der Waals surface area contributed by atoms with Crippen molar-refractivity contribution in [2.24, 2.45) is 0 Å². The molecule has 0 saturated carbocycles. The smallest absolute Gasteiger partial charge is 1.00 e. The minimum absolute atomic E-state index is 0. The van der Waals surface area contributed by atoms with Crippen molar-refractivity contribution in [3.63, 3.8) is 0 Å². The number of benzene rings is 2. The molecule has 0 fully saturated rings. The van der Waals surface area contributed by atoms with Gasteiger partial charge in [-0.15, -0.1) is 0 Å². The van der Waals surface area contributed by atoms with Crippen molar-refractivity contribution in [3.8, 4) is 0 Å². The fraction of sp³-hybridized carbons (Fsp3) is 0. The van der Waals surface area contributed by atoms with E-state index in [0.717, 1.165) is 10.8 Å². The third kappa shape index (κ3) is 2.84. The summed E-state index contributed by atoms with van der Waals surface area (Å²) in [4.78, 5) is 23.1. The van der Waals surface area contributed by atoms with Gasteiger partial charge in [-0.3, -0.25) is 14.9 Å². The van der Waals surface area contributed by atoms with Crippen LogP contribution in [0, 0.1) is 0 Å². The van der Waals surface area contributed by atoms with E-state index in [-0.39, 0.29) is 117 Å². The third-order valence-electron chi connectivity index (χ3n) is 2.62. The Morgan fingerprint density at radius 2 is 1.29 bits per heavy atom. The Morgan fingerprint density at radius 3 is 1.76 bits per heavy atom. The van der Waals surface area contributed by atoms with Gasteiger partial charge in [0.05, 0.1) is 0 Å². The first-order valence-electron chi connectivity index (χ1n) is 4.65. The number of rotatable bonds is 0. The van der Waals surface area contributed by atoms with Gasteiger partial charge in [0.1, 0.15) is 0 Å². The van der Waals surface area contributed by atoms with Crippen LogP contribution in [0.3, 0.4) is 0 Å². The number of hydrogen-bond donors (Lipinski definition) is 1. The molecule has 3 rings (SSSR count). The maximum absolute atomic E-state index is 11.6. The van der Waals surface area contributed by atoms with Crippen molar-refractivity contribution in [1.29, 1.82) is 0 Å². The predicted molar refractivity (Wildman–Crippen MR) is 58.0 cm³/mol. The SMILES string of the molecule is O=C1NC(=O)c2cccc3cccc1c23.[H-].[H-].[K+].[K+]. The number of amides is 2. The van der Waals surface area contributed by atoms with Crippen molar-refractivity contribution in [2.45, 2.75) is 0 Å². The van der Waals surface area contributed by atoms with Gasteiger partial charge >= 0.3 is 103 Å². The molecule has 17 heavy (non-hydrogen) atoms. The summed E-state index contributed by atoms with van der Waals surface area (Å²) in [5.74, 6) is -0.631. The van der Waals surface area contributed by atoms with E-state index < -0.39 is 0 Å². The van der Waals surface area contributed by atoms with Crippen LogP contribution in [-0.4, -0.2) is 11.8 Å². The Balaban J connectivity index is 0. The Morgan fingerprint density at radius 1 is 0.824 bits per heavy atom. The van der Waals surface area contributed by atoms with Gasteiger partial charge < -0.3 is 2.85 Å². The third-order valence-corrected chi connectivity index (χ3v) is 2.62. The average molecular weight is 277 g/mol. The molecule has 0 atom stereocenters. The van der Waals surface area contributed by atoms with Crippen LogP contribution in [0.25, 0.3) is 10.8 Å². The van der Waals surface area contributed by atoms with Crippen LogP contribution in [0.1, 0.15) is 23.6 Å². The maximum Gasteiger partial charge on any atom is 1.00 e. The van der Waals surface area contributed by atoms with E-state index in [4.69, 9.17) is 0 Å². The summed E-state index contributed by atoms with van der Waals surface area (Å²) >= 11 is 0. The van der Waals surface area contributed by atoms with Crippen LogP contribution in [0.4, 0.5) is 0 Å². The summed E-state index contributed by atoms with van der Waals surface area (Å²) < 4.78 is 0. The molecule has 76 valence electrons. The van der Waals surface area contributed by atoms with E-state index in [1.54, 1.807) is 12.1 Å². The van der Waals surface area contributed by atoms with Crippen LogP contribution in [0.5, 0.6) is 0 Å². The summed E-state index contributed by atoms with van der Waals surface area (Å²) in [6.45, 7) is 0. The summed E-state index contributed by atoms with van der Waals surface area (Å²) in [6, 6.07) is 10.9. The molecular weight excluding hydrogens is 268 g/mol. The van der Waals surface area contributed by atoms with E-state index >= 15 is 0 Å². The first-order valence-corrected chi connectivity index (χ1v) is 4.65. The molecule has 5 heteroatoms. The second kappa shape index (κ2) is 6.52. The number of hydrogen-bond acceptors (Lipinski definition) is 2. The zero-order valence-electron chi connectivity index (χ0n) is 11.8. The van der Waals surface area contributed by atoms with Gasteiger partial charge in [-0.05, 0) is 17.5 Å². The molecule has 2 amide bonds. The largest absolute Gasteiger partial charge is 1.00 e. The number of carbonyl (C=O) groups excluding carboxylic acids is 2. The van der Waals surface area contributed by atoms with E-state index in [1.165, 1.54) is 0 Å². The molecule has 0 unspecified atom stereocenters. The Labute approximate surface area is 187 Å². The molecule has 1 heterocycles. The van der Waals surface area contributed by atoms with Gasteiger partial charge in [-0.1, -0.05) is 24.3 Å². The van der Waals surface area contributed by atoms with Crippen LogP contribution in [-0.2, 0) is 0 Å². The van der Waals surface area contributed by atoms with Crippen molar-refractivity contribution in [2.75, 3.05) is 0 Å². The fourth-order valence-electron chi connectivity index (χ4n) is 1.96. The molecular formula is C12H9K2NO2. The molecule has 0 saturated heterocycles. The molecule has 0 aliphatic carbocycles. The van der Waals surface area contributed by atoms with Crippen molar-refractivity contribution in [3.05, 3.63) is 47.5 Å². The quantitative estimate of drug-likeness (QED) is 0.394. The van der Waals surface area contributed by atoms with Crippen LogP contribution < -0.4 is 108 Å². The first-order chi connectivity index (χ1) is 7.27. The van der Waals surface area contributed by atoms with Crippen molar-refractivity contribution >= 4 is 22.6 Å². The number of imide groups is 1. The van der Waals surface area contributed by atoms with Crippen LogP contribution in [0.15, 0.2) is 36.4 Å². The van der Waals surface area contributed by atoms with Gasteiger partial charge in [0.2, 0.25) is 0 Å². The topological polar surface area (TPSA) is 46.2 Å². The summed E-state index contributed by atoms with van der Waals surface area (Å²) in [5, 5.41) is 4.00. The standard InChI is InChI=1S/C12H7NO2.2K.2H/c14-11-8-5-1-3-7-4-2-6-9(10(7)8)12(15)13-11;;;;/h1-6H,(H,13,14,15);;;;/q;2*+1;2*-1. The molecule has 1 N–H and O–H groups in total. The van der Waals surface area contributed by atoms with E-state index in [9.17, 15) is 9.59 Å². The normalized spacial score (nSPS) is 12.5. The Bertz CT molecular complexity index is 571. The van der Waals surface area contributed by atoms with Gasteiger partial charge in [0.25, 0.3) is 11.8 Å². The zero-order valence-corrected chi connectivity index (χ0v) is 16.0. The summed E-state index contributed by atoms with van der Waals surface area (Å²) in [5.41, 5.74) is 1.14. The average Bonchev–Trinajstić information content (AvgIpc) is 2.25. The van der Waals surface area contributed by atoms with Gasteiger partial charge in [0.15, 0.2) is 0 Å². The van der Waals surface area contributed by atoms with Crippen LogP contribution in [0.2, 0.25) is 0 Å². The molecule has 2 aromatic carbocycles. The maximum atomic E-state index is 11.6. The minimum atomic E-state index is -0.315. The molecule has 1 aliphatic heterocycles. The van der Waals surface area contributed by atoms with E-state index in [2.05, 4.69) is 5.32 Å². The fourth-order valence-corrected chi connectivity index (χ4v) is 1.96. The molecule has 0 radical (unpaired) electrons. The van der Waals surface area contributed by atoms with Gasteiger partial charge in [0, 0.05) is 16.5 Å². The summed E-state index contributed by atoms with van der Waals surface area (Å²) in [7, 11) is 0. The van der Waals surface area contributed by atoms with Crippen LogP contribution >= 0.6 is 0 Å². The minimum Gasteiger partial charge on any atom is -1.00 e. The Hall–Kier alpha value is 1.11. The van der Waals surface area contributed by atoms with Gasteiger partial charge in [-0.2, -0.15) is 0 Å². The Kier molecular flexibility index (Phi) is 6.20. The van der Waals surface area contributed by atoms with Gasteiger partial charge in [-0.25, -0.2) is 0 Å². The van der Waals surface area contributed by atoms with E-state index in [1.807, 2.05) is 24.3 Å². The zero-order chi connectivity index (χ0) is 10.4. The predicted octanol–water partition coefficient (Wildman–Crippen LogP) is -4.04.